The average Bonchev–Trinajstić information content (AvgIpc) is 2.84. The topological polar surface area (TPSA) is 0 Å². The lowest BCUT2D eigenvalue weighted by Gasteiger charge is -2.47. The SMILES string of the molecule is CCC[Si](CCC)(c1cc(CC)cc(CC)c1)C1(C)C=C(C)C(C)=C1C. The third-order valence-corrected chi connectivity index (χ3v) is 13.8. The second kappa shape index (κ2) is 8.29. The third-order valence-electron chi connectivity index (χ3n) is 7.21. The first-order valence-electron chi connectivity index (χ1n) is 10.8. The van der Waals surface area contributed by atoms with Crippen LogP contribution >= 0.6 is 0 Å². The predicted molar refractivity (Wildman–Crippen MR) is 121 cm³/mol. The Morgan fingerprint density at radius 1 is 0.808 bits per heavy atom. The van der Waals surface area contributed by atoms with E-state index in [1.54, 1.807) is 16.3 Å². The third kappa shape index (κ3) is 3.40. The lowest BCUT2D eigenvalue weighted by atomic mass is 10.0. The van der Waals surface area contributed by atoms with Crippen molar-refractivity contribution in [3.05, 3.63) is 52.1 Å². The summed E-state index contributed by atoms with van der Waals surface area (Å²) in [5, 5.41) is 1.97. The molecular weight excluding hydrogens is 328 g/mol. The van der Waals surface area contributed by atoms with Gasteiger partial charge in [-0.2, -0.15) is 0 Å². The standard InChI is InChI=1S/C25H40Si/c1-9-13-26(14-10-2,25(8)18-19(5)20(6)21(25)7)24-16-22(11-3)15-23(12-4)17-24/h15-18H,9-14H2,1-8H3. The van der Waals surface area contributed by atoms with Crippen LogP contribution in [0, 0.1) is 0 Å². The fourth-order valence-corrected chi connectivity index (χ4v) is 11.9. The van der Waals surface area contributed by atoms with Crippen molar-refractivity contribution in [2.75, 3.05) is 0 Å². The maximum Gasteiger partial charge on any atom is 0.101 e. The van der Waals surface area contributed by atoms with E-state index in [0.29, 0.717) is 0 Å². The van der Waals surface area contributed by atoms with Crippen molar-refractivity contribution in [1.82, 2.24) is 0 Å². The molecule has 2 rings (SSSR count). The highest BCUT2D eigenvalue weighted by molar-refractivity contribution is 6.95. The van der Waals surface area contributed by atoms with Gasteiger partial charge in [0.25, 0.3) is 0 Å². The van der Waals surface area contributed by atoms with Crippen LogP contribution in [0.3, 0.4) is 0 Å². The summed E-state index contributed by atoms with van der Waals surface area (Å²) in [6.07, 6.45) is 7.52. The molecule has 144 valence electrons. The van der Waals surface area contributed by atoms with E-state index in [9.17, 15) is 0 Å². The van der Waals surface area contributed by atoms with E-state index < -0.39 is 8.07 Å². The molecule has 0 saturated carbocycles. The van der Waals surface area contributed by atoms with Crippen LogP contribution in [0.1, 0.15) is 79.4 Å². The normalized spacial score (nSPS) is 20.7. The summed E-state index contributed by atoms with van der Waals surface area (Å²) < 4.78 is 0. The maximum atomic E-state index is 2.65. The summed E-state index contributed by atoms with van der Waals surface area (Å²) in [4.78, 5) is 0. The van der Waals surface area contributed by atoms with E-state index in [1.807, 2.05) is 0 Å². The molecule has 1 heteroatoms. The van der Waals surface area contributed by atoms with Gasteiger partial charge in [0.1, 0.15) is 8.07 Å². The van der Waals surface area contributed by atoms with Crippen molar-refractivity contribution in [3.63, 3.8) is 0 Å². The Morgan fingerprint density at radius 2 is 1.31 bits per heavy atom. The molecule has 0 spiro atoms. The van der Waals surface area contributed by atoms with Crippen LogP contribution in [-0.2, 0) is 12.8 Å². The van der Waals surface area contributed by atoms with Crippen LogP contribution in [0.5, 0.6) is 0 Å². The van der Waals surface area contributed by atoms with Crippen molar-refractivity contribution in [3.8, 4) is 0 Å². The summed E-state index contributed by atoms with van der Waals surface area (Å²) in [5.74, 6) is 0. The van der Waals surface area contributed by atoms with E-state index >= 15 is 0 Å². The molecule has 1 atom stereocenters. The Morgan fingerprint density at radius 3 is 1.65 bits per heavy atom. The van der Waals surface area contributed by atoms with Crippen LogP contribution in [-0.4, -0.2) is 8.07 Å². The molecule has 26 heavy (non-hydrogen) atoms. The zero-order chi connectivity index (χ0) is 19.5. The lowest BCUT2D eigenvalue weighted by molar-refractivity contribution is 0.806. The Hall–Kier alpha value is -1.08. The van der Waals surface area contributed by atoms with Gasteiger partial charge in [-0.1, -0.05) is 100 Å². The molecule has 0 heterocycles. The molecule has 0 saturated heterocycles. The van der Waals surface area contributed by atoms with E-state index in [1.165, 1.54) is 41.6 Å². The smallest absolute Gasteiger partial charge is 0.0737 e. The van der Waals surface area contributed by atoms with Gasteiger partial charge in [-0.25, -0.2) is 0 Å². The number of benzene rings is 1. The molecular formula is C25H40Si. The number of hydrogen-bond acceptors (Lipinski definition) is 0. The zero-order valence-corrected chi connectivity index (χ0v) is 19.6. The minimum atomic E-state index is -1.74. The summed E-state index contributed by atoms with van der Waals surface area (Å²) in [7, 11) is -1.74. The van der Waals surface area contributed by atoms with Gasteiger partial charge in [-0.15, -0.1) is 0 Å². The van der Waals surface area contributed by atoms with Gasteiger partial charge in [0.2, 0.25) is 0 Å². The van der Waals surface area contributed by atoms with Crippen molar-refractivity contribution in [1.29, 1.82) is 0 Å². The average molecular weight is 369 g/mol. The Kier molecular flexibility index (Phi) is 6.77. The molecule has 0 fully saturated rings. The van der Waals surface area contributed by atoms with Crippen LogP contribution < -0.4 is 5.19 Å². The molecule has 1 aliphatic carbocycles. The molecule has 0 aromatic heterocycles. The number of rotatable bonds is 8. The first-order chi connectivity index (χ1) is 12.3. The molecule has 1 aromatic carbocycles. The Labute approximate surface area is 163 Å². The highest BCUT2D eigenvalue weighted by Crippen LogP contribution is 2.56. The highest BCUT2D eigenvalue weighted by Gasteiger charge is 2.52. The van der Waals surface area contributed by atoms with Crippen molar-refractivity contribution >= 4 is 13.3 Å². The van der Waals surface area contributed by atoms with Gasteiger partial charge in [0, 0.05) is 5.04 Å². The Balaban J connectivity index is 2.79. The van der Waals surface area contributed by atoms with Crippen molar-refractivity contribution in [2.45, 2.75) is 98.2 Å². The molecule has 1 aliphatic rings. The van der Waals surface area contributed by atoms with Crippen LogP contribution in [0.4, 0.5) is 0 Å². The van der Waals surface area contributed by atoms with Crippen molar-refractivity contribution < 1.29 is 0 Å². The van der Waals surface area contributed by atoms with Gasteiger partial charge in [0.05, 0.1) is 0 Å². The molecule has 0 aliphatic heterocycles. The minimum Gasteiger partial charge on any atom is -0.0737 e. The molecule has 0 nitrogen and oxygen atoms in total. The summed E-state index contributed by atoms with van der Waals surface area (Å²) >= 11 is 0. The van der Waals surface area contributed by atoms with E-state index in [2.05, 4.69) is 79.7 Å². The number of aryl methyl sites for hydroxylation is 2. The van der Waals surface area contributed by atoms with Gasteiger partial charge >= 0.3 is 0 Å². The maximum absolute atomic E-state index is 2.65. The molecule has 0 bridgehead atoms. The van der Waals surface area contributed by atoms with E-state index in [4.69, 9.17) is 0 Å². The molecule has 0 amide bonds. The van der Waals surface area contributed by atoms with Gasteiger partial charge in [-0.05, 0) is 50.3 Å². The second-order valence-corrected chi connectivity index (χ2v) is 13.4. The fourth-order valence-electron chi connectivity index (χ4n) is 5.37. The van der Waals surface area contributed by atoms with Crippen molar-refractivity contribution in [2.24, 2.45) is 0 Å². The molecule has 0 radical (unpaired) electrons. The molecule has 1 unspecified atom stereocenters. The number of hydrogen-bond donors (Lipinski definition) is 0. The van der Waals surface area contributed by atoms with Crippen LogP contribution in [0.25, 0.3) is 0 Å². The van der Waals surface area contributed by atoms with Gasteiger partial charge in [0.15, 0.2) is 0 Å². The highest BCUT2D eigenvalue weighted by atomic mass is 28.3. The fraction of sp³-hybridized carbons (Fsp3) is 0.600. The van der Waals surface area contributed by atoms with E-state index in [-0.39, 0.29) is 5.04 Å². The lowest BCUT2D eigenvalue weighted by Crippen LogP contribution is -2.56. The first kappa shape index (κ1) is 21.2. The number of allylic oxidation sites excluding steroid dienone is 4. The predicted octanol–water partition coefficient (Wildman–Crippen LogP) is 7.34. The molecule has 0 N–H and O–H groups in total. The largest absolute Gasteiger partial charge is 0.101 e. The molecule has 1 aromatic rings. The quantitative estimate of drug-likeness (QED) is 0.421. The van der Waals surface area contributed by atoms with Crippen LogP contribution in [0.2, 0.25) is 17.1 Å². The summed E-state index contributed by atoms with van der Waals surface area (Å²) in [5.41, 5.74) is 7.76. The monoisotopic (exact) mass is 368 g/mol. The van der Waals surface area contributed by atoms with Gasteiger partial charge in [-0.3, -0.25) is 0 Å². The van der Waals surface area contributed by atoms with E-state index in [0.717, 1.165) is 12.8 Å². The summed E-state index contributed by atoms with van der Waals surface area (Å²) in [6, 6.07) is 10.4. The van der Waals surface area contributed by atoms with Gasteiger partial charge < -0.3 is 0 Å². The Bertz CT molecular complexity index is 679. The zero-order valence-electron chi connectivity index (χ0n) is 18.6. The summed E-state index contributed by atoms with van der Waals surface area (Å²) in [6.45, 7) is 19.0. The second-order valence-electron chi connectivity index (χ2n) is 8.61. The minimum absolute atomic E-state index is 0.255. The first-order valence-corrected chi connectivity index (χ1v) is 13.2. The van der Waals surface area contributed by atoms with Crippen LogP contribution in [0.15, 0.2) is 41.0 Å².